The van der Waals surface area contributed by atoms with Crippen LogP contribution in [0.5, 0.6) is 5.75 Å². The van der Waals surface area contributed by atoms with Gasteiger partial charge in [-0.1, -0.05) is 12.1 Å². The summed E-state index contributed by atoms with van der Waals surface area (Å²) < 4.78 is 7.44. The minimum Gasteiger partial charge on any atom is -0.507 e. The normalized spacial score (nSPS) is 11.0. The average molecular weight is 278 g/mol. The Hall–Kier alpha value is -3.15. The van der Waals surface area contributed by atoms with Crippen molar-refractivity contribution < 1.29 is 9.52 Å². The molecule has 0 saturated carbocycles. The zero-order chi connectivity index (χ0) is 14.2. The summed E-state index contributed by atoms with van der Waals surface area (Å²) in [6, 6.07) is 12.6. The maximum atomic E-state index is 10.1. The summed E-state index contributed by atoms with van der Waals surface area (Å²) in [5.74, 6) is 0.488. The molecule has 6 nitrogen and oxygen atoms in total. The molecule has 102 valence electrons. The molecular weight excluding hydrogens is 268 g/mol. The summed E-state index contributed by atoms with van der Waals surface area (Å²) in [5, 5.41) is 17.6. The number of phenolic OH excluding ortho intramolecular Hbond substituents is 1. The smallest absolute Gasteiger partial charge is 0.231 e. The Labute approximate surface area is 119 Å². The molecule has 4 rings (SSSR count). The lowest BCUT2D eigenvalue weighted by Gasteiger charge is -2.05. The maximum absolute atomic E-state index is 10.1. The predicted molar refractivity (Wildman–Crippen MR) is 76.0 cm³/mol. The Morgan fingerprint density at radius 2 is 1.81 bits per heavy atom. The first-order chi connectivity index (χ1) is 10.3. The van der Waals surface area contributed by atoms with Crippen LogP contribution in [-0.4, -0.2) is 24.9 Å². The van der Waals surface area contributed by atoms with Gasteiger partial charge in [-0.15, -0.1) is 10.2 Å². The number of rotatable bonds is 2. The van der Waals surface area contributed by atoms with Gasteiger partial charge >= 0.3 is 0 Å². The van der Waals surface area contributed by atoms with Crippen LogP contribution < -0.4 is 0 Å². The third-order valence-corrected chi connectivity index (χ3v) is 3.22. The molecule has 2 aromatic heterocycles. The minimum absolute atomic E-state index is 0.110. The number of aromatic nitrogens is 4. The second kappa shape index (κ2) is 4.45. The first kappa shape index (κ1) is 11.7. The zero-order valence-electron chi connectivity index (χ0n) is 10.8. The van der Waals surface area contributed by atoms with Crippen LogP contribution in [-0.2, 0) is 0 Å². The SMILES string of the molecule is Oc1ccc(-n2cnnc2)cc1-c1nc2ccccc2o1. The summed E-state index contributed by atoms with van der Waals surface area (Å²) in [6.45, 7) is 0. The van der Waals surface area contributed by atoms with Crippen LogP contribution in [0.3, 0.4) is 0 Å². The maximum Gasteiger partial charge on any atom is 0.231 e. The fourth-order valence-electron chi connectivity index (χ4n) is 2.18. The molecule has 6 heteroatoms. The number of aromatic hydroxyl groups is 1. The minimum atomic E-state index is 0.110. The Kier molecular flexibility index (Phi) is 2.47. The summed E-state index contributed by atoms with van der Waals surface area (Å²) >= 11 is 0. The monoisotopic (exact) mass is 278 g/mol. The molecule has 0 saturated heterocycles. The van der Waals surface area contributed by atoms with E-state index in [9.17, 15) is 5.11 Å². The lowest BCUT2D eigenvalue weighted by Crippen LogP contribution is -1.91. The van der Waals surface area contributed by atoms with Crippen LogP contribution in [0, 0.1) is 0 Å². The van der Waals surface area contributed by atoms with Crippen LogP contribution in [0.4, 0.5) is 0 Å². The van der Waals surface area contributed by atoms with E-state index in [1.54, 1.807) is 35.4 Å². The second-order valence-electron chi connectivity index (χ2n) is 4.56. The highest BCUT2D eigenvalue weighted by Crippen LogP contribution is 2.32. The average Bonchev–Trinajstić information content (AvgIpc) is 3.17. The van der Waals surface area contributed by atoms with E-state index in [0.29, 0.717) is 17.0 Å². The molecule has 0 atom stereocenters. The van der Waals surface area contributed by atoms with Crippen molar-refractivity contribution in [3.8, 4) is 22.9 Å². The van der Waals surface area contributed by atoms with Crippen molar-refractivity contribution in [2.75, 3.05) is 0 Å². The van der Waals surface area contributed by atoms with Crippen molar-refractivity contribution >= 4 is 11.1 Å². The van der Waals surface area contributed by atoms with E-state index in [2.05, 4.69) is 15.2 Å². The summed E-state index contributed by atoms with van der Waals surface area (Å²) in [4.78, 5) is 4.40. The lowest BCUT2D eigenvalue weighted by molar-refractivity contribution is 0.474. The molecule has 0 aliphatic rings. The summed E-state index contributed by atoms with van der Waals surface area (Å²) in [6.07, 6.45) is 3.17. The third-order valence-electron chi connectivity index (χ3n) is 3.22. The van der Waals surface area contributed by atoms with Gasteiger partial charge in [0.1, 0.15) is 23.9 Å². The van der Waals surface area contributed by atoms with Crippen LogP contribution in [0.15, 0.2) is 59.5 Å². The van der Waals surface area contributed by atoms with E-state index in [1.165, 1.54) is 0 Å². The van der Waals surface area contributed by atoms with Gasteiger partial charge in [0.2, 0.25) is 5.89 Å². The van der Waals surface area contributed by atoms with Gasteiger partial charge in [0.05, 0.1) is 5.56 Å². The lowest BCUT2D eigenvalue weighted by atomic mass is 10.1. The van der Waals surface area contributed by atoms with E-state index >= 15 is 0 Å². The first-order valence-corrected chi connectivity index (χ1v) is 6.35. The van der Waals surface area contributed by atoms with Gasteiger partial charge in [0.25, 0.3) is 0 Å². The molecule has 0 spiro atoms. The topological polar surface area (TPSA) is 77.0 Å². The molecule has 2 aromatic carbocycles. The summed E-state index contributed by atoms with van der Waals surface area (Å²) in [7, 11) is 0. The molecule has 2 heterocycles. The van der Waals surface area contributed by atoms with Crippen molar-refractivity contribution in [3.05, 3.63) is 55.1 Å². The Bertz CT molecular complexity index is 879. The van der Waals surface area contributed by atoms with E-state index in [4.69, 9.17) is 4.42 Å². The van der Waals surface area contributed by atoms with Gasteiger partial charge < -0.3 is 9.52 Å². The van der Waals surface area contributed by atoms with Crippen LogP contribution >= 0.6 is 0 Å². The van der Waals surface area contributed by atoms with E-state index < -0.39 is 0 Å². The molecule has 0 unspecified atom stereocenters. The number of nitrogens with zero attached hydrogens (tertiary/aromatic N) is 4. The van der Waals surface area contributed by atoms with E-state index in [1.807, 2.05) is 24.3 Å². The van der Waals surface area contributed by atoms with Gasteiger partial charge in [-0.05, 0) is 30.3 Å². The van der Waals surface area contributed by atoms with Crippen LogP contribution in [0.25, 0.3) is 28.2 Å². The van der Waals surface area contributed by atoms with Gasteiger partial charge in [-0.3, -0.25) is 4.57 Å². The molecule has 21 heavy (non-hydrogen) atoms. The molecule has 0 aliphatic heterocycles. The quantitative estimate of drug-likeness (QED) is 0.610. The molecule has 0 radical (unpaired) electrons. The van der Waals surface area contributed by atoms with Gasteiger partial charge in [0, 0.05) is 5.69 Å². The van der Waals surface area contributed by atoms with Crippen molar-refractivity contribution in [2.24, 2.45) is 0 Å². The zero-order valence-corrected chi connectivity index (χ0v) is 10.8. The predicted octanol–water partition coefficient (Wildman–Crippen LogP) is 2.78. The van der Waals surface area contributed by atoms with Gasteiger partial charge in [0.15, 0.2) is 5.58 Å². The van der Waals surface area contributed by atoms with Crippen molar-refractivity contribution in [1.82, 2.24) is 19.7 Å². The van der Waals surface area contributed by atoms with Crippen LogP contribution in [0.2, 0.25) is 0 Å². The highest BCUT2D eigenvalue weighted by molar-refractivity contribution is 5.77. The second-order valence-corrected chi connectivity index (χ2v) is 4.56. The number of hydrogen-bond acceptors (Lipinski definition) is 5. The number of benzene rings is 2. The fraction of sp³-hybridized carbons (Fsp3) is 0. The van der Waals surface area contributed by atoms with Crippen molar-refractivity contribution in [2.45, 2.75) is 0 Å². The number of phenols is 1. The molecular formula is C15H10N4O2. The van der Waals surface area contributed by atoms with E-state index in [-0.39, 0.29) is 5.75 Å². The molecule has 0 amide bonds. The van der Waals surface area contributed by atoms with Crippen molar-refractivity contribution in [1.29, 1.82) is 0 Å². The standard InChI is InChI=1S/C15H10N4O2/c20-13-6-5-10(19-8-16-17-9-19)7-11(13)15-18-12-3-1-2-4-14(12)21-15/h1-9,20H. The number of fused-ring (bicyclic) bond motifs is 1. The number of hydrogen-bond donors (Lipinski definition) is 1. The first-order valence-electron chi connectivity index (χ1n) is 6.35. The molecule has 0 aliphatic carbocycles. The summed E-state index contributed by atoms with van der Waals surface area (Å²) in [5.41, 5.74) is 2.77. The highest BCUT2D eigenvalue weighted by Gasteiger charge is 2.13. The Morgan fingerprint density at radius 3 is 2.62 bits per heavy atom. The van der Waals surface area contributed by atoms with Crippen LogP contribution in [0.1, 0.15) is 0 Å². The third kappa shape index (κ3) is 1.93. The highest BCUT2D eigenvalue weighted by atomic mass is 16.3. The fourth-order valence-corrected chi connectivity index (χ4v) is 2.18. The Balaban J connectivity index is 1.89. The molecule has 0 fully saturated rings. The van der Waals surface area contributed by atoms with Gasteiger partial charge in [-0.2, -0.15) is 0 Å². The molecule has 4 aromatic rings. The molecule has 1 N–H and O–H groups in total. The Morgan fingerprint density at radius 1 is 1.00 bits per heavy atom. The largest absolute Gasteiger partial charge is 0.507 e. The number of para-hydroxylation sites is 2. The van der Waals surface area contributed by atoms with Gasteiger partial charge in [-0.25, -0.2) is 4.98 Å². The van der Waals surface area contributed by atoms with E-state index in [0.717, 1.165) is 11.2 Å². The number of oxazole rings is 1. The molecule has 0 bridgehead atoms. The van der Waals surface area contributed by atoms with Crippen molar-refractivity contribution in [3.63, 3.8) is 0 Å².